The second-order valence-electron chi connectivity index (χ2n) is 6.33. The Kier molecular flexibility index (Phi) is 12.5. The number of rotatable bonds is 6. The number of hydrogen-bond donors (Lipinski definition) is 6. The molecule has 9 heteroatoms. The summed E-state index contributed by atoms with van der Waals surface area (Å²) in [5.74, 6) is 0.970. The predicted molar refractivity (Wildman–Crippen MR) is 94.7 cm³/mol. The monoisotopic (exact) mass is 392 g/mol. The molecule has 2 saturated heterocycles. The number of furan rings is 1. The van der Waals surface area contributed by atoms with Gasteiger partial charge in [0.1, 0.15) is 24.7 Å². The zero-order valence-corrected chi connectivity index (χ0v) is 15.4. The maximum absolute atomic E-state index is 8.57. The summed E-state index contributed by atoms with van der Waals surface area (Å²) in [7, 11) is 0. The van der Waals surface area contributed by atoms with Gasteiger partial charge in [0.2, 0.25) is 0 Å². The van der Waals surface area contributed by atoms with E-state index in [0.717, 1.165) is 25.7 Å². The van der Waals surface area contributed by atoms with E-state index in [-0.39, 0.29) is 64.1 Å². The van der Waals surface area contributed by atoms with E-state index in [2.05, 4.69) is 0 Å². The molecule has 1 aromatic heterocycles. The van der Waals surface area contributed by atoms with Crippen LogP contribution in [0.15, 0.2) is 16.5 Å². The van der Waals surface area contributed by atoms with Gasteiger partial charge < -0.3 is 44.5 Å². The van der Waals surface area contributed by atoms with Gasteiger partial charge in [0.25, 0.3) is 0 Å². The summed E-state index contributed by atoms with van der Waals surface area (Å²) < 4.78 is 15.2. The molecule has 2 aliphatic rings. The van der Waals surface area contributed by atoms with Gasteiger partial charge in [0.15, 0.2) is 0 Å². The first kappa shape index (κ1) is 24.0. The van der Waals surface area contributed by atoms with E-state index >= 15 is 0 Å². The fourth-order valence-corrected chi connectivity index (χ4v) is 2.69. The minimum absolute atomic E-state index is 0.0258. The van der Waals surface area contributed by atoms with E-state index in [1.165, 1.54) is 0 Å². The predicted octanol–water partition coefficient (Wildman–Crippen LogP) is -0.699. The zero-order valence-electron chi connectivity index (χ0n) is 15.4. The van der Waals surface area contributed by atoms with Crippen molar-refractivity contribution < 1.29 is 44.5 Å². The molecule has 158 valence electrons. The lowest BCUT2D eigenvalue weighted by Crippen LogP contribution is -2.16. The van der Waals surface area contributed by atoms with Gasteiger partial charge in [-0.15, -0.1) is 0 Å². The average molecular weight is 392 g/mol. The molecule has 3 heterocycles. The van der Waals surface area contributed by atoms with Crippen molar-refractivity contribution >= 4 is 0 Å². The van der Waals surface area contributed by atoms with Gasteiger partial charge in [-0.3, -0.25) is 0 Å². The molecule has 2 aliphatic heterocycles. The molecule has 0 bridgehead atoms. The molecule has 27 heavy (non-hydrogen) atoms. The maximum atomic E-state index is 8.57. The highest BCUT2D eigenvalue weighted by Crippen LogP contribution is 2.18. The Morgan fingerprint density at radius 3 is 1.04 bits per heavy atom. The van der Waals surface area contributed by atoms with Crippen LogP contribution in [0.2, 0.25) is 0 Å². The van der Waals surface area contributed by atoms with Crippen LogP contribution in [0.4, 0.5) is 0 Å². The van der Waals surface area contributed by atoms with E-state index in [4.69, 9.17) is 44.5 Å². The van der Waals surface area contributed by atoms with Crippen molar-refractivity contribution in [2.75, 3.05) is 26.4 Å². The molecule has 0 saturated carbocycles. The summed E-state index contributed by atoms with van der Waals surface area (Å²) in [4.78, 5) is 0. The number of ether oxygens (including phenoxy) is 2. The summed E-state index contributed by atoms with van der Waals surface area (Å²) >= 11 is 0. The third-order valence-electron chi connectivity index (χ3n) is 4.23. The molecule has 9 nitrogen and oxygen atoms in total. The summed E-state index contributed by atoms with van der Waals surface area (Å²) in [6.45, 7) is 0.0972. The van der Waals surface area contributed by atoms with Gasteiger partial charge in [-0.1, -0.05) is 0 Å². The van der Waals surface area contributed by atoms with Crippen molar-refractivity contribution in [2.24, 2.45) is 0 Å². The Bertz CT molecular complexity index is 419. The lowest BCUT2D eigenvalue weighted by atomic mass is 10.2. The topological polar surface area (TPSA) is 153 Å². The Morgan fingerprint density at radius 1 is 0.593 bits per heavy atom. The first-order valence-corrected chi connectivity index (χ1v) is 9.13. The molecular formula is C18H32O9. The Hall–Kier alpha value is -1.04. The molecule has 0 radical (unpaired) electrons. The van der Waals surface area contributed by atoms with Crippen molar-refractivity contribution in [3.8, 4) is 0 Å². The molecule has 1 aromatic rings. The lowest BCUT2D eigenvalue weighted by molar-refractivity contribution is -0.0119. The molecule has 6 N–H and O–H groups in total. The van der Waals surface area contributed by atoms with Gasteiger partial charge in [0.05, 0.1) is 50.8 Å². The number of aliphatic hydroxyl groups excluding tert-OH is 6. The van der Waals surface area contributed by atoms with E-state index in [0.29, 0.717) is 11.5 Å². The van der Waals surface area contributed by atoms with Gasteiger partial charge in [0, 0.05) is 0 Å². The smallest absolute Gasteiger partial charge is 0.129 e. The summed E-state index contributed by atoms with van der Waals surface area (Å²) in [6.07, 6.45) is 3.40. The van der Waals surface area contributed by atoms with Gasteiger partial charge in [-0.05, 0) is 37.8 Å². The van der Waals surface area contributed by atoms with Crippen molar-refractivity contribution in [2.45, 2.75) is 63.3 Å². The van der Waals surface area contributed by atoms with E-state index in [1.54, 1.807) is 12.1 Å². The van der Waals surface area contributed by atoms with Crippen LogP contribution in [-0.2, 0) is 22.7 Å². The summed E-state index contributed by atoms with van der Waals surface area (Å²) in [5.41, 5.74) is 0. The fraction of sp³-hybridized carbons (Fsp3) is 0.778. The van der Waals surface area contributed by atoms with Crippen LogP contribution in [0.5, 0.6) is 0 Å². The molecule has 0 amide bonds. The van der Waals surface area contributed by atoms with Crippen molar-refractivity contribution in [3.05, 3.63) is 23.7 Å². The standard InChI is InChI=1S/2C6H12O3.C6H8O3/c3*7-3-5-1-2-6(4-8)9-5/h2*5-8H,1-4H2;1-2,7-8H,3-4H2/t5-,6+;5-,6-;/m.0./s1. The lowest BCUT2D eigenvalue weighted by Gasteiger charge is -2.07. The summed E-state index contributed by atoms with van der Waals surface area (Å²) in [6, 6.07) is 3.26. The molecule has 0 aromatic carbocycles. The van der Waals surface area contributed by atoms with Crippen LogP contribution < -0.4 is 0 Å². The highest BCUT2D eigenvalue weighted by molar-refractivity contribution is 5.04. The van der Waals surface area contributed by atoms with Crippen molar-refractivity contribution in [1.29, 1.82) is 0 Å². The third-order valence-corrected chi connectivity index (χ3v) is 4.23. The molecular weight excluding hydrogens is 360 g/mol. The molecule has 0 aliphatic carbocycles. The quantitative estimate of drug-likeness (QED) is 0.369. The maximum Gasteiger partial charge on any atom is 0.129 e. The van der Waals surface area contributed by atoms with E-state index in [9.17, 15) is 0 Å². The third kappa shape index (κ3) is 9.13. The largest absolute Gasteiger partial charge is 0.461 e. The molecule has 4 atom stereocenters. The van der Waals surface area contributed by atoms with Crippen LogP contribution in [0, 0.1) is 0 Å². The normalized spacial score (nSPS) is 26.9. The molecule has 2 fully saturated rings. The van der Waals surface area contributed by atoms with Crippen LogP contribution in [0.1, 0.15) is 37.2 Å². The SMILES string of the molecule is OC[C@@H]1CC[C@@H](CO)O1.OC[C@@H]1CC[C@H](CO)O1.OCc1ccc(CO)o1. The van der Waals surface area contributed by atoms with Gasteiger partial charge >= 0.3 is 0 Å². The minimum atomic E-state index is -0.111. The number of hydrogen-bond acceptors (Lipinski definition) is 9. The van der Waals surface area contributed by atoms with Crippen molar-refractivity contribution in [3.63, 3.8) is 0 Å². The van der Waals surface area contributed by atoms with Crippen LogP contribution in [-0.4, -0.2) is 81.5 Å². The second-order valence-corrected chi connectivity index (χ2v) is 6.33. The Balaban J connectivity index is 0.000000202. The first-order chi connectivity index (χ1) is 13.1. The fourth-order valence-electron chi connectivity index (χ4n) is 2.69. The zero-order chi connectivity index (χ0) is 20.1. The van der Waals surface area contributed by atoms with E-state index < -0.39 is 0 Å². The minimum Gasteiger partial charge on any atom is -0.461 e. The summed E-state index contributed by atoms with van der Waals surface area (Å²) in [5, 5.41) is 51.2. The molecule has 3 rings (SSSR count). The van der Waals surface area contributed by atoms with Crippen LogP contribution >= 0.6 is 0 Å². The van der Waals surface area contributed by atoms with Gasteiger partial charge in [-0.25, -0.2) is 0 Å². The van der Waals surface area contributed by atoms with Gasteiger partial charge in [-0.2, -0.15) is 0 Å². The van der Waals surface area contributed by atoms with Crippen molar-refractivity contribution in [1.82, 2.24) is 0 Å². The molecule has 0 unspecified atom stereocenters. The number of aliphatic hydroxyl groups is 6. The Labute approximate surface area is 158 Å². The highest BCUT2D eigenvalue weighted by atomic mass is 16.5. The van der Waals surface area contributed by atoms with Crippen LogP contribution in [0.3, 0.4) is 0 Å². The highest BCUT2D eigenvalue weighted by Gasteiger charge is 2.23. The van der Waals surface area contributed by atoms with Crippen LogP contribution in [0.25, 0.3) is 0 Å². The first-order valence-electron chi connectivity index (χ1n) is 9.13. The second kappa shape index (κ2) is 14.0. The Morgan fingerprint density at radius 2 is 0.889 bits per heavy atom. The average Bonchev–Trinajstić information content (AvgIpc) is 3.48. The molecule has 0 spiro atoms. The van der Waals surface area contributed by atoms with E-state index in [1.807, 2.05) is 0 Å².